The van der Waals surface area contributed by atoms with Crippen LogP contribution in [0.15, 0.2) is 65.9 Å². The van der Waals surface area contributed by atoms with E-state index < -0.39 is 0 Å². The molecule has 0 radical (unpaired) electrons. The number of carbonyl (C=O) groups is 2. The summed E-state index contributed by atoms with van der Waals surface area (Å²) in [5.74, 6) is -0.530. The van der Waals surface area contributed by atoms with Gasteiger partial charge in [0.25, 0.3) is 11.8 Å². The van der Waals surface area contributed by atoms with Crippen molar-refractivity contribution in [3.8, 4) is 0 Å². The van der Waals surface area contributed by atoms with Gasteiger partial charge in [-0.25, -0.2) is 0 Å². The van der Waals surface area contributed by atoms with Crippen LogP contribution in [0.3, 0.4) is 0 Å². The molecule has 2 bridgehead atoms. The zero-order chi connectivity index (χ0) is 22.7. The molecular formula is C26H21Cl2N3O2. The van der Waals surface area contributed by atoms with E-state index in [2.05, 4.69) is 21.8 Å². The number of fused-ring (bicyclic) bond motifs is 2. The first-order valence-electron chi connectivity index (χ1n) is 11.1. The van der Waals surface area contributed by atoms with Crippen molar-refractivity contribution in [3.05, 3.63) is 82.0 Å². The molecule has 4 atom stereocenters. The highest BCUT2D eigenvalue weighted by molar-refractivity contribution is 6.42. The number of rotatable bonds is 4. The predicted octanol–water partition coefficient (Wildman–Crippen LogP) is 5.53. The normalized spacial score (nSPS) is 26.2. The number of para-hydroxylation sites is 1. The number of halogens is 2. The summed E-state index contributed by atoms with van der Waals surface area (Å²) in [5, 5.41) is 7.55. The molecule has 2 aromatic carbocycles. The highest BCUT2D eigenvalue weighted by Gasteiger charge is 2.56. The van der Waals surface area contributed by atoms with Gasteiger partial charge >= 0.3 is 0 Å². The fourth-order valence-electron chi connectivity index (χ4n) is 5.64. The molecule has 1 saturated heterocycles. The maximum Gasteiger partial charge on any atom is 0.254 e. The summed E-state index contributed by atoms with van der Waals surface area (Å²) in [6.07, 6.45) is 9.80. The van der Waals surface area contributed by atoms with Gasteiger partial charge in [0.05, 0.1) is 28.1 Å². The first-order chi connectivity index (χ1) is 16.0. The molecule has 1 aliphatic heterocycles. The third kappa shape index (κ3) is 3.33. The highest BCUT2D eigenvalue weighted by Crippen LogP contribution is 2.49. The number of amides is 2. The Balaban J connectivity index is 1.32. The van der Waals surface area contributed by atoms with Gasteiger partial charge in [-0.15, -0.1) is 0 Å². The Labute approximate surface area is 201 Å². The van der Waals surface area contributed by atoms with E-state index in [0.717, 1.165) is 39.9 Å². The summed E-state index contributed by atoms with van der Waals surface area (Å²) >= 11 is 12.3. The van der Waals surface area contributed by atoms with Crippen LogP contribution in [0, 0.1) is 23.7 Å². The van der Waals surface area contributed by atoms with Crippen LogP contribution in [0.2, 0.25) is 10.0 Å². The van der Waals surface area contributed by atoms with Gasteiger partial charge in [0.15, 0.2) is 0 Å². The minimum Gasteiger partial charge on any atom is -0.342 e. The monoisotopic (exact) mass is 477 g/mol. The number of hydrogen-bond donors (Lipinski definition) is 0. The first-order valence-corrected chi connectivity index (χ1v) is 11.9. The third-order valence-corrected chi connectivity index (χ3v) is 7.94. The molecule has 33 heavy (non-hydrogen) atoms. The van der Waals surface area contributed by atoms with Gasteiger partial charge in [-0.3, -0.25) is 9.59 Å². The minimum absolute atomic E-state index is 0.157. The molecule has 7 rings (SSSR count). The number of benzene rings is 2. The number of hydrazone groups is 1. The lowest BCUT2D eigenvalue weighted by molar-refractivity contribution is -0.140. The third-order valence-electron chi connectivity index (χ3n) is 7.20. The molecule has 7 heteroatoms. The Morgan fingerprint density at radius 3 is 2.30 bits per heavy atom. The molecule has 0 N–H and O–H groups in total. The molecule has 0 unspecified atom stereocenters. The molecule has 166 valence electrons. The van der Waals surface area contributed by atoms with E-state index in [1.807, 2.05) is 42.6 Å². The molecule has 3 aromatic rings. The molecule has 2 heterocycles. The van der Waals surface area contributed by atoms with Crippen LogP contribution in [0.5, 0.6) is 0 Å². The molecule has 2 amide bonds. The minimum atomic E-state index is -0.255. The Hall–Kier alpha value is -2.89. The zero-order valence-electron chi connectivity index (χ0n) is 17.7. The van der Waals surface area contributed by atoms with Crippen LogP contribution in [-0.4, -0.2) is 27.6 Å². The average molecular weight is 478 g/mol. The van der Waals surface area contributed by atoms with Crippen molar-refractivity contribution < 1.29 is 9.59 Å². The number of carbonyl (C=O) groups excluding carboxylic acids is 2. The van der Waals surface area contributed by atoms with E-state index in [-0.39, 0.29) is 35.5 Å². The Morgan fingerprint density at radius 2 is 1.64 bits per heavy atom. The number of aromatic nitrogens is 1. The van der Waals surface area contributed by atoms with E-state index in [1.54, 1.807) is 12.3 Å². The van der Waals surface area contributed by atoms with E-state index in [4.69, 9.17) is 23.2 Å². The van der Waals surface area contributed by atoms with Crippen LogP contribution in [0.4, 0.5) is 0 Å². The van der Waals surface area contributed by atoms with E-state index in [0.29, 0.717) is 16.6 Å². The van der Waals surface area contributed by atoms with Crippen LogP contribution >= 0.6 is 23.2 Å². The fourth-order valence-corrected chi connectivity index (χ4v) is 5.96. The smallest absolute Gasteiger partial charge is 0.254 e. The standard InChI is InChI=1S/C26H21Cl2N3O2/c27-20-10-5-15(11-21(20)28)13-30-14-18(19-3-1-2-4-22(19)30)12-29-31-25(32)23-16-6-7-17(9-8-16)24(23)26(31)33/h1-7,10-12,14,16-17,23-24H,8-9,13H2/b29-12-/t16-,17-,23-,24+/m0/s1. The lowest BCUT2D eigenvalue weighted by Gasteiger charge is -2.37. The van der Waals surface area contributed by atoms with Gasteiger partial charge in [0.1, 0.15) is 0 Å². The summed E-state index contributed by atoms with van der Waals surface area (Å²) in [6, 6.07) is 13.6. The number of allylic oxidation sites excluding steroid dienone is 2. The molecule has 3 aliphatic carbocycles. The van der Waals surface area contributed by atoms with Crippen LogP contribution in [0.1, 0.15) is 24.0 Å². The summed E-state index contributed by atoms with van der Waals surface area (Å²) in [7, 11) is 0. The van der Waals surface area contributed by atoms with E-state index in [1.165, 1.54) is 0 Å². The lowest BCUT2D eigenvalue weighted by Crippen LogP contribution is -2.38. The summed E-state index contributed by atoms with van der Waals surface area (Å²) in [6.45, 7) is 0.603. The largest absolute Gasteiger partial charge is 0.342 e. The van der Waals surface area contributed by atoms with Gasteiger partial charge in [0.2, 0.25) is 0 Å². The van der Waals surface area contributed by atoms with E-state index in [9.17, 15) is 9.59 Å². The van der Waals surface area contributed by atoms with Gasteiger partial charge in [-0.05, 0) is 48.4 Å². The van der Waals surface area contributed by atoms with Crippen LogP contribution < -0.4 is 0 Å². The van der Waals surface area contributed by atoms with Gasteiger partial charge in [-0.2, -0.15) is 10.1 Å². The lowest BCUT2D eigenvalue weighted by atomic mass is 9.63. The van der Waals surface area contributed by atoms with Crippen molar-refractivity contribution in [2.75, 3.05) is 0 Å². The molecule has 4 aliphatic rings. The van der Waals surface area contributed by atoms with E-state index >= 15 is 0 Å². The highest BCUT2D eigenvalue weighted by atomic mass is 35.5. The van der Waals surface area contributed by atoms with Crippen molar-refractivity contribution >= 4 is 52.1 Å². The van der Waals surface area contributed by atoms with Crippen molar-refractivity contribution in [1.82, 2.24) is 9.58 Å². The molecular weight excluding hydrogens is 457 g/mol. The maximum absolute atomic E-state index is 13.1. The first kappa shape index (κ1) is 20.7. The van der Waals surface area contributed by atoms with Crippen molar-refractivity contribution in [2.24, 2.45) is 28.8 Å². The number of nitrogens with zero attached hydrogens (tertiary/aromatic N) is 3. The molecule has 1 aromatic heterocycles. The molecule has 1 saturated carbocycles. The fraction of sp³-hybridized carbons (Fsp3) is 0.269. The Bertz CT molecular complexity index is 1330. The zero-order valence-corrected chi connectivity index (χ0v) is 19.2. The summed E-state index contributed by atoms with van der Waals surface area (Å²) < 4.78 is 2.10. The molecule has 0 spiro atoms. The Kier molecular flexibility index (Phi) is 4.93. The quantitative estimate of drug-likeness (QED) is 0.282. The topological polar surface area (TPSA) is 54.7 Å². The number of hydrogen-bond acceptors (Lipinski definition) is 3. The average Bonchev–Trinajstić information content (AvgIpc) is 3.31. The van der Waals surface area contributed by atoms with Crippen molar-refractivity contribution in [2.45, 2.75) is 19.4 Å². The Morgan fingerprint density at radius 1 is 0.939 bits per heavy atom. The van der Waals surface area contributed by atoms with Crippen LogP contribution in [0.25, 0.3) is 10.9 Å². The maximum atomic E-state index is 13.1. The number of imide groups is 1. The summed E-state index contributed by atoms with van der Waals surface area (Å²) in [5.41, 5.74) is 2.90. The second kappa shape index (κ2) is 7.86. The van der Waals surface area contributed by atoms with Gasteiger partial charge in [-0.1, -0.05) is 59.6 Å². The van der Waals surface area contributed by atoms with Crippen molar-refractivity contribution in [3.63, 3.8) is 0 Å². The van der Waals surface area contributed by atoms with Gasteiger partial charge < -0.3 is 4.57 Å². The second-order valence-electron chi connectivity index (χ2n) is 9.05. The summed E-state index contributed by atoms with van der Waals surface area (Å²) in [4.78, 5) is 26.1. The second-order valence-corrected chi connectivity index (χ2v) is 9.87. The predicted molar refractivity (Wildman–Crippen MR) is 129 cm³/mol. The molecule has 5 nitrogen and oxygen atoms in total. The molecule has 2 fully saturated rings. The van der Waals surface area contributed by atoms with Crippen LogP contribution in [-0.2, 0) is 16.1 Å². The van der Waals surface area contributed by atoms with Crippen molar-refractivity contribution in [1.29, 1.82) is 0 Å². The SMILES string of the molecule is O=C1[C@@H]2[C@H](C(=O)N1/N=C\c1cn(Cc3ccc(Cl)c(Cl)c3)c3ccccc13)[C@H]1C=C[C@H]2CC1. The van der Waals surface area contributed by atoms with Gasteiger partial charge in [0, 0.05) is 29.2 Å².